The van der Waals surface area contributed by atoms with E-state index in [1.807, 2.05) is 0 Å². The Morgan fingerprint density at radius 2 is 1.73 bits per heavy atom. The summed E-state index contributed by atoms with van der Waals surface area (Å²) in [5.74, 6) is 1.84. The van der Waals surface area contributed by atoms with E-state index in [4.69, 9.17) is 0 Å². The zero-order valence-electron chi connectivity index (χ0n) is 8.48. The SMILES string of the molecule is CC1CCCCC(C)(C)C1C. The lowest BCUT2D eigenvalue weighted by atomic mass is 9.72. The molecule has 0 amide bonds. The minimum absolute atomic E-state index is 0.593. The van der Waals surface area contributed by atoms with Gasteiger partial charge in [0.25, 0.3) is 0 Å². The second-order valence-electron chi connectivity index (χ2n) is 5.00. The van der Waals surface area contributed by atoms with E-state index in [0.29, 0.717) is 5.41 Å². The second-order valence-corrected chi connectivity index (χ2v) is 5.00. The normalized spacial score (nSPS) is 38.2. The van der Waals surface area contributed by atoms with E-state index >= 15 is 0 Å². The molecule has 0 aliphatic heterocycles. The van der Waals surface area contributed by atoms with Crippen LogP contribution in [0.1, 0.15) is 53.4 Å². The van der Waals surface area contributed by atoms with Gasteiger partial charge < -0.3 is 0 Å². The molecular weight excluding hydrogens is 132 g/mol. The van der Waals surface area contributed by atoms with Gasteiger partial charge in [-0.05, 0) is 23.7 Å². The number of hydrogen-bond acceptors (Lipinski definition) is 0. The summed E-state index contributed by atoms with van der Waals surface area (Å²) >= 11 is 0. The van der Waals surface area contributed by atoms with Gasteiger partial charge in [0.1, 0.15) is 0 Å². The van der Waals surface area contributed by atoms with Crippen molar-refractivity contribution in [3.63, 3.8) is 0 Å². The molecule has 0 N–H and O–H groups in total. The van der Waals surface area contributed by atoms with E-state index in [9.17, 15) is 0 Å². The van der Waals surface area contributed by atoms with Crippen molar-refractivity contribution in [1.29, 1.82) is 0 Å². The average molecular weight is 154 g/mol. The molecule has 1 saturated carbocycles. The summed E-state index contributed by atoms with van der Waals surface area (Å²) in [5.41, 5.74) is 0.593. The van der Waals surface area contributed by atoms with Crippen LogP contribution < -0.4 is 0 Å². The van der Waals surface area contributed by atoms with Crippen LogP contribution in [0.3, 0.4) is 0 Å². The molecule has 0 radical (unpaired) electrons. The Hall–Kier alpha value is 0. The smallest absolute Gasteiger partial charge is 0.0326 e. The van der Waals surface area contributed by atoms with Crippen LogP contribution in [-0.2, 0) is 0 Å². The topological polar surface area (TPSA) is 0 Å². The molecule has 0 saturated heterocycles. The lowest BCUT2D eigenvalue weighted by molar-refractivity contribution is 0.168. The molecule has 0 heteroatoms. The van der Waals surface area contributed by atoms with Gasteiger partial charge in [-0.2, -0.15) is 0 Å². The molecule has 2 atom stereocenters. The maximum Gasteiger partial charge on any atom is -0.0326 e. The molecule has 1 rings (SSSR count). The third-order valence-electron chi connectivity index (χ3n) is 3.82. The van der Waals surface area contributed by atoms with Crippen molar-refractivity contribution in [2.24, 2.45) is 17.3 Å². The van der Waals surface area contributed by atoms with Gasteiger partial charge in [0.2, 0.25) is 0 Å². The summed E-state index contributed by atoms with van der Waals surface area (Å²) in [7, 11) is 0. The van der Waals surface area contributed by atoms with Gasteiger partial charge in [-0.15, -0.1) is 0 Å². The van der Waals surface area contributed by atoms with Crippen molar-refractivity contribution in [3.05, 3.63) is 0 Å². The van der Waals surface area contributed by atoms with Crippen molar-refractivity contribution < 1.29 is 0 Å². The summed E-state index contributed by atoms with van der Waals surface area (Å²) in [6.07, 6.45) is 5.78. The minimum atomic E-state index is 0.593. The largest absolute Gasteiger partial charge is 0.0622 e. The van der Waals surface area contributed by atoms with Gasteiger partial charge in [-0.1, -0.05) is 47.0 Å². The van der Waals surface area contributed by atoms with Gasteiger partial charge >= 0.3 is 0 Å². The first-order chi connectivity index (χ1) is 5.04. The summed E-state index contributed by atoms with van der Waals surface area (Å²) in [6, 6.07) is 0. The molecule has 1 aliphatic rings. The van der Waals surface area contributed by atoms with Crippen LogP contribution >= 0.6 is 0 Å². The molecule has 0 nitrogen and oxygen atoms in total. The van der Waals surface area contributed by atoms with E-state index in [0.717, 1.165) is 11.8 Å². The molecule has 0 aromatic rings. The maximum absolute atomic E-state index is 2.43. The van der Waals surface area contributed by atoms with Crippen LogP contribution in [0.4, 0.5) is 0 Å². The van der Waals surface area contributed by atoms with Gasteiger partial charge in [0.05, 0.1) is 0 Å². The van der Waals surface area contributed by atoms with Gasteiger partial charge in [0, 0.05) is 0 Å². The molecule has 0 heterocycles. The van der Waals surface area contributed by atoms with Crippen molar-refractivity contribution >= 4 is 0 Å². The molecular formula is C11H22. The van der Waals surface area contributed by atoms with Crippen LogP contribution in [-0.4, -0.2) is 0 Å². The molecule has 0 bridgehead atoms. The molecule has 0 aromatic carbocycles. The van der Waals surface area contributed by atoms with Crippen LogP contribution in [0.25, 0.3) is 0 Å². The van der Waals surface area contributed by atoms with Crippen LogP contribution in [0.15, 0.2) is 0 Å². The summed E-state index contributed by atoms with van der Waals surface area (Å²) in [6.45, 7) is 9.70. The molecule has 0 aromatic heterocycles. The zero-order chi connectivity index (χ0) is 8.48. The van der Waals surface area contributed by atoms with Gasteiger partial charge in [0.15, 0.2) is 0 Å². The lowest BCUT2D eigenvalue weighted by Crippen LogP contribution is -2.24. The molecule has 2 unspecified atom stereocenters. The lowest BCUT2D eigenvalue weighted by Gasteiger charge is -2.33. The first-order valence-corrected chi connectivity index (χ1v) is 5.04. The highest BCUT2D eigenvalue weighted by Gasteiger charge is 2.31. The molecule has 66 valence electrons. The highest BCUT2D eigenvalue weighted by atomic mass is 14.4. The van der Waals surface area contributed by atoms with E-state index in [1.54, 1.807) is 0 Å². The fourth-order valence-electron chi connectivity index (χ4n) is 2.29. The Balaban J connectivity index is 2.65. The Labute approximate surface area is 71.4 Å². The maximum atomic E-state index is 2.43. The first kappa shape index (κ1) is 9.09. The van der Waals surface area contributed by atoms with Crippen LogP contribution in [0.2, 0.25) is 0 Å². The highest BCUT2D eigenvalue weighted by Crippen LogP contribution is 2.41. The van der Waals surface area contributed by atoms with Crippen molar-refractivity contribution in [3.8, 4) is 0 Å². The first-order valence-electron chi connectivity index (χ1n) is 5.04. The second kappa shape index (κ2) is 3.16. The zero-order valence-corrected chi connectivity index (χ0v) is 8.48. The Morgan fingerprint density at radius 1 is 1.09 bits per heavy atom. The van der Waals surface area contributed by atoms with E-state index in [2.05, 4.69) is 27.7 Å². The van der Waals surface area contributed by atoms with Crippen molar-refractivity contribution in [2.45, 2.75) is 53.4 Å². The van der Waals surface area contributed by atoms with Crippen LogP contribution in [0, 0.1) is 17.3 Å². The Bertz CT molecular complexity index is 124. The predicted octanol–water partition coefficient (Wildman–Crippen LogP) is 3.86. The predicted molar refractivity (Wildman–Crippen MR) is 50.6 cm³/mol. The summed E-state index contributed by atoms with van der Waals surface area (Å²) in [4.78, 5) is 0. The average Bonchev–Trinajstić information content (AvgIpc) is 2.03. The molecule has 1 fully saturated rings. The Morgan fingerprint density at radius 3 is 2.36 bits per heavy atom. The third-order valence-corrected chi connectivity index (χ3v) is 3.82. The van der Waals surface area contributed by atoms with Gasteiger partial charge in [-0.25, -0.2) is 0 Å². The quantitative estimate of drug-likeness (QED) is 0.465. The van der Waals surface area contributed by atoms with E-state index in [1.165, 1.54) is 25.7 Å². The molecule has 0 spiro atoms. The van der Waals surface area contributed by atoms with Crippen molar-refractivity contribution in [1.82, 2.24) is 0 Å². The van der Waals surface area contributed by atoms with E-state index in [-0.39, 0.29) is 0 Å². The van der Waals surface area contributed by atoms with Crippen LogP contribution in [0.5, 0.6) is 0 Å². The minimum Gasteiger partial charge on any atom is -0.0622 e. The van der Waals surface area contributed by atoms with Crippen molar-refractivity contribution in [2.75, 3.05) is 0 Å². The highest BCUT2D eigenvalue weighted by molar-refractivity contribution is 4.81. The summed E-state index contributed by atoms with van der Waals surface area (Å²) in [5, 5.41) is 0. The standard InChI is InChI=1S/C11H22/c1-9-7-5-6-8-11(3,4)10(9)2/h9-10H,5-8H2,1-4H3. The third kappa shape index (κ3) is 1.98. The summed E-state index contributed by atoms with van der Waals surface area (Å²) < 4.78 is 0. The van der Waals surface area contributed by atoms with E-state index < -0.39 is 0 Å². The number of rotatable bonds is 0. The van der Waals surface area contributed by atoms with Gasteiger partial charge in [-0.3, -0.25) is 0 Å². The molecule has 1 aliphatic carbocycles. The fourth-order valence-corrected chi connectivity index (χ4v) is 2.29. The molecule has 11 heavy (non-hydrogen) atoms. The monoisotopic (exact) mass is 154 g/mol. The Kier molecular flexibility index (Phi) is 2.61. The fraction of sp³-hybridized carbons (Fsp3) is 1.00. The number of hydrogen-bond donors (Lipinski definition) is 0.